The highest BCUT2D eigenvalue weighted by Crippen LogP contribution is 2.21. The van der Waals surface area contributed by atoms with Gasteiger partial charge in [0.05, 0.1) is 0 Å². The number of rotatable bonds is 3. The normalized spacial score (nSPS) is 12.7. The van der Waals surface area contributed by atoms with Crippen LogP contribution in [0.4, 0.5) is 10.5 Å². The predicted octanol–water partition coefficient (Wildman–Crippen LogP) is 2.95. The molecule has 5 heteroatoms. The first-order valence-corrected chi connectivity index (χ1v) is 6.87. The van der Waals surface area contributed by atoms with Crippen molar-refractivity contribution in [3.63, 3.8) is 0 Å². The summed E-state index contributed by atoms with van der Waals surface area (Å²) in [5, 5.41) is 11.8. The van der Waals surface area contributed by atoms with Gasteiger partial charge in [-0.25, -0.2) is 9.59 Å². The molecule has 21 heavy (non-hydrogen) atoms. The minimum atomic E-state index is -1.04. The lowest BCUT2D eigenvalue weighted by Gasteiger charge is -2.30. The van der Waals surface area contributed by atoms with E-state index in [1.807, 2.05) is 32.0 Å². The number of hydrogen-bond donors (Lipinski definition) is 2. The first kappa shape index (κ1) is 17.0. The number of aliphatic carboxylic acids is 1. The lowest BCUT2D eigenvalue weighted by atomic mass is 9.87. The number of carbonyl (C=O) groups excluding carboxylic acids is 1. The number of nitrogens with one attached hydrogen (secondary N) is 1. The minimum Gasteiger partial charge on any atom is -0.480 e. The Morgan fingerprint density at radius 1 is 1.14 bits per heavy atom. The second-order valence-corrected chi connectivity index (χ2v) is 6.49. The molecule has 116 valence electrons. The van der Waals surface area contributed by atoms with Crippen LogP contribution in [-0.2, 0) is 4.79 Å². The third-order valence-electron chi connectivity index (χ3n) is 3.28. The molecular weight excluding hydrogens is 268 g/mol. The van der Waals surface area contributed by atoms with Gasteiger partial charge in [-0.15, -0.1) is 0 Å². The lowest BCUT2D eigenvalue weighted by Crippen LogP contribution is -2.52. The molecule has 1 aromatic rings. The Balaban J connectivity index is 2.94. The maximum Gasteiger partial charge on any atom is 0.326 e. The number of nitrogens with zero attached hydrogens (tertiary/aromatic N) is 1. The van der Waals surface area contributed by atoms with Gasteiger partial charge in [0.15, 0.2) is 0 Å². The SMILES string of the molecule is Cc1cc(C)cc(N(C)C(=O)N[C@H](C(=O)O)C(C)(C)C)c1. The van der Waals surface area contributed by atoms with E-state index in [1.54, 1.807) is 27.8 Å². The summed E-state index contributed by atoms with van der Waals surface area (Å²) in [5.74, 6) is -1.04. The summed E-state index contributed by atoms with van der Waals surface area (Å²) in [6.07, 6.45) is 0. The maximum absolute atomic E-state index is 12.3. The van der Waals surface area contributed by atoms with E-state index in [4.69, 9.17) is 0 Å². The van der Waals surface area contributed by atoms with Gasteiger partial charge in [-0.1, -0.05) is 26.8 Å². The van der Waals surface area contributed by atoms with Crippen molar-refractivity contribution in [3.05, 3.63) is 29.3 Å². The Morgan fingerprint density at radius 2 is 1.62 bits per heavy atom. The van der Waals surface area contributed by atoms with Crippen molar-refractivity contribution >= 4 is 17.7 Å². The van der Waals surface area contributed by atoms with Crippen molar-refractivity contribution in [2.24, 2.45) is 5.41 Å². The van der Waals surface area contributed by atoms with Gasteiger partial charge in [-0.3, -0.25) is 4.90 Å². The summed E-state index contributed by atoms with van der Waals surface area (Å²) >= 11 is 0. The van der Waals surface area contributed by atoms with E-state index in [2.05, 4.69) is 5.32 Å². The Bertz CT molecular complexity index is 527. The van der Waals surface area contributed by atoms with Crippen LogP contribution in [0.3, 0.4) is 0 Å². The molecule has 0 aliphatic carbocycles. The lowest BCUT2D eigenvalue weighted by molar-refractivity contribution is -0.141. The molecule has 1 atom stereocenters. The second kappa shape index (κ2) is 6.16. The number of aryl methyl sites for hydroxylation is 2. The van der Waals surface area contributed by atoms with Gasteiger partial charge in [0, 0.05) is 12.7 Å². The maximum atomic E-state index is 12.3. The first-order chi connectivity index (χ1) is 9.52. The molecule has 0 heterocycles. The topological polar surface area (TPSA) is 69.6 Å². The number of anilines is 1. The van der Waals surface area contributed by atoms with Crippen molar-refractivity contribution in [2.75, 3.05) is 11.9 Å². The van der Waals surface area contributed by atoms with Gasteiger partial charge in [-0.2, -0.15) is 0 Å². The fourth-order valence-electron chi connectivity index (χ4n) is 2.13. The van der Waals surface area contributed by atoms with Crippen molar-refractivity contribution in [2.45, 2.75) is 40.7 Å². The monoisotopic (exact) mass is 292 g/mol. The van der Waals surface area contributed by atoms with Crippen molar-refractivity contribution in [3.8, 4) is 0 Å². The fourth-order valence-corrected chi connectivity index (χ4v) is 2.13. The summed E-state index contributed by atoms with van der Waals surface area (Å²) in [6.45, 7) is 9.25. The molecule has 0 aromatic heterocycles. The smallest absolute Gasteiger partial charge is 0.326 e. The Kier molecular flexibility index (Phi) is 4.99. The highest BCUT2D eigenvalue weighted by atomic mass is 16.4. The number of hydrogen-bond acceptors (Lipinski definition) is 2. The van der Waals surface area contributed by atoms with Crippen molar-refractivity contribution in [1.82, 2.24) is 5.32 Å². The number of urea groups is 1. The Morgan fingerprint density at radius 3 is 2.00 bits per heavy atom. The molecule has 2 N–H and O–H groups in total. The van der Waals surface area contributed by atoms with Crippen LogP contribution < -0.4 is 10.2 Å². The molecule has 0 fully saturated rings. The summed E-state index contributed by atoms with van der Waals surface area (Å²) in [5.41, 5.74) is 2.28. The Hall–Kier alpha value is -2.04. The molecule has 0 radical (unpaired) electrons. The van der Waals surface area contributed by atoms with Gasteiger partial charge in [0.25, 0.3) is 0 Å². The predicted molar refractivity (Wildman–Crippen MR) is 83.7 cm³/mol. The van der Waals surface area contributed by atoms with Crippen LogP contribution in [0.1, 0.15) is 31.9 Å². The molecule has 0 saturated carbocycles. The highest BCUT2D eigenvalue weighted by Gasteiger charge is 2.33. The van der Waals surface area contributed by atoms with Crippen LogP contribution in [0.2, 0.25) is 0 Å². The highest BCUT2D eigenvalue weighted by molar-refractivity contribution is 5.94. The number of benzene rings is 1. The van der Waals surface area contributed by atoms with Gasteiger partial charge in [0.1, 0.15) is 6.04 Å². The van der Waals surface area contributed by atoms with E-state index in [0.29, 0.717) is 0 Å². The summed E-state index contributed by atoms with van der Waals surface area (Å²) in [4.78, 5) is 25.0. The second-order valence-electron chi connectivity index (χ2n) is 6.49. The van der Waals surface area contributed by atoms with Crippen LogP contribution in [-0.4, -0.2) is 30.2 Å². The van der Waals surface area contributed by atoms with Gasteiger partial charge >= 0.3 is 12.0 Å². The van der Waals surface area contributed by atoms with Gasteiger partial charge in [-0.05, 0) is 42.5 Å². The first-order valence-electron chi connectivity index (χ1n) is 6.87. The van der Waals surface area contributed by atoms with E-state index in [-0.39, 0.29) is 0 Å². The molecule has 1 aromatic carbocycles. The molecule has 0 aliphatic rings. The van der Waals surface area contributed by atoms with Crippen molar-refractivity contribution < 1.29 is 14.7 Å². The number of carbonyl (C=O) groups is 2. The zero-order valence-electron chi connectivity index (χ0n) is 13.5. The summed E-state index contributed by atoms with van der Waals surface area (Å²) in [6, 6.07) is 4.42. The van der Waals surface area contributed by atoms with Gasteiger partial charge < -0.3 is 10.4 Å². The van der Waals surface area contributed by atoms with E-state index in [9.17, 15) is 14.7 Å². The number of carboxylic acids is 1. The molecule has 0 spiro atoms. The van der Waals surface area contributed by atoms with Gasteiger partial charge in [0.2, 0.25) is 0 Å². The molecule has 1 rings (SSSR count). The average molecular weight is 292 g/mol. The van der Waals surface area contributed by atoms with E-state index in [0.717, 1.165) is 16.8 Å². The average Bonchev–Trinajstić information content (AvgIpc) is 2.31. The largest absolute Gasteiger partial charge is 0.480 e. The molecule has 0 aliphatic heterocycles. The quantitative estimate of drug-likeness (QED) is 0.900. The molecule has 5 nitrogen and oxygen atoms in total. The minimum absolute atomic E-state index is 0.428. The standard InChI is InChI=1S/C16H24N2O3/c1-10-7-11(2)9-12(8-10)18(6)15(21)17-13(14(19)20)16(3,4)5/h7-9,13H,1-6H3,(H,17,21)(H,19,20)/t13-/m1/s1. The van der Waals surface area contributed by atoms with E-state index in [1.165, 1.54) is 4.90 Å². The van der Waals surface area contributed by atoms with Crippen molar-refractivity contribution in [1.29, 1.82) is 0 Å². The zero-order chi connectivity index (χ0) is 16.4. The molecular formula is C16H24N2O3. The van der Waals surface area contributed by atoms with Crippen LogP contribution in [0, 0.1) is 19.3 Å². The molecule has 2 amide bonds. The number of amides is 2. The van der Waals surface area contributed by atoms with E-state index >= 15 is 0 Å². The summed E-state index contributed by atoms with van der Waals surface area (Å²) in [7, 11) is 1.63. The fraction of sp³-hybridized carbons (Fsp3) is 0.500. The Labute approximate surface area is 126 Å². The van der Waals surface area contributed by atoms with Crippen LogP contribution in [0.25, 0.3) is 0 Å². The molecule has 0 saturated heterocycles. The summed E-state index contributed by atoms with van der Waals surface area (Å²) < 4.78 is 0. The molecule has 0 unspecified atom stereocenters. The van der Waals surface area contributed by atoms with E-state index < -0.39 is 23.5 Å². The van der Waals surface area contributed by atoms with Crippen LogP contribution >= 0.6 is 0 Å². The zero-order valence-corrected chi connectivity index (χ0v) is 13.5. The molecule has 0 bridgehead atoms. The number of carboxylic acid groups (broad SMARTS) is 1. The van der Waals surface area contributed by atoms with Crippen LogP contribution in [0.15, 0.2) is 18.2 Å². The van der Waals surface area contributed by atoms with Crippen LogP contribution in [0.5, 0.6) is 0 Å². The third-order valence-corrected chi connectivity index (χ3v) is 3.28. The third kappa shape index (κ3) is 4.48.